The quantitative estimate of drug-likeness (QED) is 0.0339. The van der Waals surface area contributed by atoms with Crippen LogP contribution in [0.25, 0.3) is 0 Å². The molecule has 0 aromatic carbocycles. The van der Waals surface area contributed by atoms with Gasteiger partial charge in [0.25, 0.3) is 0 Å². The minimum Gasteiger partial charge on any atom is -0.633 e. The van der Waals surface area contributed by atoms with E-state index < -0.39 is 0 Å². The molecule has 0 rings (SSSR count). The molecule has 0 radical (unpaired) electrons. The van der Waals surface area contributed by atoms with Crippen molar-refractivity contribution in [3.05, 3.63) is 5.21 Å². The SMILES string of the molecule is CCCCCCCCCCCCCCCCCCCC[N+]([O-])(CCCCCCCCCCCCCCCCCCCC)CCCCCCCCCCCCCCCCCCCC. The summed E-state index contributed by atoms with van der Waals surface area (Å²) in [5, 5.41) is 14.2. The molecule has 0 bridgehead atoms. The molecule has 0 atom stereocenters. The van der Waals surface area contributed by atoms with Crippen molar-refractivity contribution in [1.29, 1.82) is 0 Å². The summed E-state index contributed by atoms with van der Waals surface area (Å²) in [5.74, 6) is 0. The Balaban J connectivity index is 4.08. The molecule has 2 heteroatoms. The second-order valence-corrected chi connectivity index (χ2v) is 21.3. The molecule has 0 aromatic heterocycles. The highest BCUT2D eigenvalue weighted by Crippen LogP contribution is 2.20. The molecule has 374 valence electrons. The lowest BCUT2D eigenvalue weighted by atomic mass is 10.0. The molecule has 0 aromatic rings. The van der Waals surface area contributed by atoms with Crippen LogP contribution < -0.4 is 0 Å². The minimum atomic E-state index is 0.122. The van der Waals surface area contributed by atoms with Crippen molar-refractivity contribution < 1.29 is 4.65 Å². The average Bonchev–Trinajstić information content (AvgIpc) is 3.28. The molecule has 0 aliphatic heterocycles. The highest BCUT2D eigenvalue weighted by atomic mass is 16.5. The Morgan fingerprint density at radius 3 is 0.371 bits per heavy atom. The topological polar surface area (TPSA) is 23.1 Å². The monoisotopic (exact) mass is 874 g/mol. The number of unbranched alkanes of at least 4 members (excludes halogenated alkanes) is 51. The van der Waals surface area contributed by atoms with Crippen LogP contribution in [0.4, 0.5) is 0 Å². The Kier molecular flexibility index (Phi) is 55.2. The van der Waals surface area contributed by atoms with Crippen LogP contribution in [0.3, 0.4) is 0 Å². The van der Waals surface area contributed by atoms with Gasteiger partial charge in [-0.3, -0.25) is 0 Å². The minimum absolute atomic E-state index is 0.122. The number of rotatable bonds is 57. The second kappa shape index (κ2) is 55.2. The molecule has 0 fully saturated rings. The third-order valence-electron chi connectivity index (χ3n) is 14.8. The number of nitrogens with zero attached hydrogens (tertiary/aromatic N) is 1. The fraction of sp³-hybridized carbons (Fsp3) is 1.00. The zero-order chi connectivity index (χ0) is 44.8. The molecule has 62 heavy (non-hydrogen) atoms. The highest BCUT2D eigenvalue weighted by molar-refractivity contribution is 4.56. The van der Waals surface area contributed by atoms with Gasteiger partial charge in [0.1, 0.15) is 0 Å². The van der Waals surface area contributed by atoms with E-state index >= 15 is 0 Å². The Bertz CT molecular complexity index is 668. The lowest BCUT2D eigenvalue weighted by Gasteiger charge is -2.43. The highest BCUT2D eigenvalue weighted by Gasteiger charge is 2.16. The van der Waals surface area contributed by atoms with Gasteiger partial charge in [0.05, 0.1) is 19.6 Å². The molecular weight excluding hydrogens is 751 g/mol. The van der Waals surface area contributed by atoms with Crippen LogP contribution in [0, 0.1) is 5.21 Å². The molecule has 2 nitrogen and oxygen atoms in total. The molecule has 0 heterocycles. The van der Waals surface area contributed by atoms with Gasteiger partial charge in [-0.05, 0) is 38.5 Å². The van der Waals surface area contributed by atoms with Crippen LogP contribution in [0.5, 0.6) is 0 Å². The lowest BCUT2D eigenvalue weighted by molar-refractivity contribution is -0.881. The van der Waals surface area contributed by atoms with E-state index in [0.717, 1.165) is 38.9 Å². The van der Waals surface area contributed by atoms with Crippen molar-refractivity contribution >= 4 is 0 Å². The molecular formula is C60H123NO. The third kappa shape index (κ3) is 52.5. The summed E-state index contributed by atoms with van der Waals surface area (Å²) < 4.78 is 0.122. The van der Waals surface area contributed by atoms with E-state index in [1.165, 1.54) is 327 Å². The van der Waals surface area contributed by atoms with Gasteiger partial charge in [0, 0.05) is 0 Å². The molecule has 0 saturated carbocycles. The van der Waals surface area contributed by atoms with Gasteiger partial charge in [-0.1, -0.05) is 329 Å². The van der Waals surface area contributed by atoms with E-state index in [4.69, 9.17) is 0 Å². The van der Waals surface area contributed by atoms with Crippen molar-refractivity contribution in [3.8, 4) is 0 Å². The summed E-state index contributed by atoms with van der Waals surface area (Å²) in [5.41, 5.74) is 0. The van der Waals surface area contributed by atoms with Gasteiger partial charge in [0.2, 0.25) is 0 Å². The van der Waals surface area contributed by atoms with Crippen molar-refractivity contribution in [3.63, 3.8) is 0 Å². The van der Waals surface area contributed by atoms with Gasteiger partial charge in [0.15, 0.2) is 0 Å². The van der Waals surface area contributed by atoms with Crippen LogP contribution in [0.1, 0.15) is 367 Å². The van der Waals surface area contributed by atoms with E-state index in [0.29, 0.717) is 0 Å². The molecule has 0 aliphatic carbocycles. The van der Waals surface area contributed by atoms with Crippen molar-refractivity contribution in [1.82, 2.24) is 0 Å². The number of hydrogen-bond donors (Lipinski definition) is 0. The lowest BCUT2D eigenvalue weighted by Crippen LogP contribution is -2.44. The maximum absolute atomic E-state index is 14.2. The van der Waals surface area contributed by atoms with Crippen molar-refractivity contribution in [2.24, 2.45) is 0 Å². The van der Waals surface area contributed by atoms with Crippen LogP contribution in [-0.4, -0.2) is 24.3 Å². The van der Waals surface area contributed by atoms with Gasteiger partial charge in [-0.15, -0.1) is 0 Å². The Hall–Kier alpha value is -0.0800. The zero-order valence-corrected chi connectivity index (χ0v) is 44.2. The largest absolute Gasteiger partial charge is 0.633 e. The number of hydroxylamine groups is 3. The first-order chi connectivity index (χ1) is 30.7. The summed E-state index contributed by atoms with van der Waals surface area (Å²) in [4.78, 5) is 0. The summed E-state index contributed by atoms with van der Waals surface area (Å²) in [6, 6.07) is 0. The first kappa shape index (κ1) is 61.9. The van der Waals surface area contributed by atoms with E-state index in [9.17, 15) is 5.21 Å². The van der Waals surface area contributed by atoms with E-state index in [1.807, 2.05) is 0 Å². The maximum Gasteiger partial charge on any atom is 0.0783 e. The van der Waals surface area contributed by atoms with E-state index in [1.54, 1.807) is 0 Å². The summed E-state index contributed by atoms with van der Waals surface area (Å²) in [6.07, 6.45) is 76.1. The zero-order valence-electron chi connectivity index (χ0n) is 44.2. The molecule has 0 amide bonds. The van der Waals surface area contributed by atoms with Crippen LogP contribution >= 0.6 is 0 Å². The molecule has 0 spiro atoms. The van der Waals surface area contributed by atoms with Crippen LogP contribution in [0.15, 0.2) is 0 Å². The smallest absolute Gasteiger partial charge is 0.0783 e. The Morgan fingerprint density at radius 1 is 0.161 bits per heavy atom. The number of hydrogen-bond acceptors (Lipinski definition) is 1. The average molecular weight is 875 g/mol. The molecule has 0 unspecified atom stereocenters. The normalized spacial score (nSPS) is 12.0. The predicted molar refractivity (Wildman–Crippen MR) is 285 cm³/mol. The standard InChI is InChI=1S/C60H123NO/c1-4-7-10-13-16-19-22-25-28-31-34-37-40-43-46-49-52-55-58-61(62,59-56-53-50-47-44-41-38-35-32-29-26-23-20-17-14-11-8-5-2)60-57-54-51-48-45-42-39-36-33-30-27-24-21-18-15-12-9-6-3/h4-60H2,1-3H3. The third-order valence-corrected chi connectivity index (χ3v) is 14.8. The van der Waals surface area contributed by atoms with Crippen molar-refractivity contribution in [2.75, 3.05) is 19.6 Å². The van der Waals surface area contributed by atoms with Crippen LogP contribution in [0.2, 0.25) is 0 Å². The van der Waals surface area contributed by atoms with Crippen LogP contribution in [-0.2, 0) is 0 Å². The first-order valence-corrected chi connectivity index (χ1v) is 30.3. The Labute approximate surface area is 395 Å². The Morgan fingerprint density at radius 2 is 0.258 bits per heavy atom. The number of quaternary nitrogens is 1. The predicted octanol–water partition coefficient (Wildman–Crippen LogP) is 22.4. The van der Waals surface area contributed by atoms with Gasteiger partial charge in [-0.25, -0.2) is 0 Å². The fourth-order valence-electron chi connectivity index (χ4n) is 10.2. The maximum atomic E-state index is 14.2. The fourth-order valence-corrected chi connectivity index (χ4v) is 10.2. The molecule has 0 N–H and O–H groups in total. The summed E-state index contributed by atoms with van der Waals surface area (Å²) >= 11 is 0. The van der Waals surface area contributed by atoms with E-state index in [-0.39, 0.29) is 4.65 Å². The molecule has 0 aliphatic rings. The first-order valence-electron chi connectivity index (χ1n) is 30.3. The van der Waals surface area contributed by atoms with Crippen molar-refractivity contribution in [2.45, 2.75) is 367 Å². The second-order valence-electron chi connectivity index (χ2n) is 21.3. The summed E-state index contributed by atoms with van der Waals surface area (Å²) in [6.45, 7) is 9.59. The summed E-state index contributed by atoms with van der Waals surface area (Å²) in [7, 11) is 0. The van der Waals surface area contributed by atoms with Gasteiger partial charge in [-0.2, -0.15) is 0 Å². The van der Waals surface area contributed by atoms with E-state index in [2.05, 4.69) is 20.8 Å². The van der Waals surface area contributed by atoms with Gasteiger partial charge < -0.3 is 9.85 Å². The van der Waals surface area contributed by atoms with Gasteiger partial charge >= 0.3 is 0 Å². The molecule has 0 saturated heterocycles.